The second kappa shape index (κ2) is 7.86. The third-order valence-electron chi connectivity index (χ3n) is 5.04. The Bertz CT molecular complexity index is 972. The molecule has 12 heteroatoms. The van der Waals surface area contributed by atoms with E-state index in [-0.39, 0.29) is 28.0 Å². The fourth-order valence-electron chi connectivity index (χ4n) is 3.96. The van der Waals surface area contributed by atoms with Crippen molar-refractivity contribution in [3.63, 3.8) is 0 Å². The molecule has 2 aliphatic heterocycles. The van der Waals surface area contributed by atoms with Crippen LogP contribution in [0.15, 0.2) is 23.1 Å². The van der Waals surface area contributed by atoms with E-state index in [1.54, 1.807) is 0 Å². The summed E-state index contributed by atoms with van der Waals surface area (Å²) in [6.45, 7) is -0.487. The quantitative estimate of drug-likeness (QED) is 0.662. The van der Waals surface area contributed by atoms with E-state index in [9.17, 15) is 26.0 Å². The van der Waals surface area contributed by atoms with E-state index in [0.29, 0.717) is 12.8 Å². The minimum absolute atomic E-state index is 0.142. The third kappa shape index (κ3) is 4.65. The fraction of sp³-hybridized carbons (Fsp3) is 0.562. The summed E-state index contributed by atoms with van der Waals surface area (Å²) < 4.78 is 65.1. The Labute approximate surface area is 168 Å². The van der Waals surface area contributed by atoms with Gasteiger partial charge in [-0.3, -0.25) is 4.79 Å². The molecule has 2 bridgehead atoms. The van der Waals surface area contributed by atoms with E-state index in [1.165, 1.54) is 10.6 Å². The molecule has 2 unspecified atom stereocenters. The van der Waals surface area contributed by atoms with Crippen LogP contribution in [0.4, 0.5) is 4.39 Å². The number of amides is 1. The minimum Gasteiger partial charge on any atom is -0.352 e. The van der Waals surface area contributed by atoms with Crippen LogP contribution in [-0.4, -0.2) is 58.0 Å². The lowest BCUT2D eigenvalue weighted by Crippen LogP contribution is -2.53. The van der Waals surface area contributed by atoms with Crippen molar-refractivity contribution in [2.75, 3.05) is 12.8 Å². The van der Waals surface area contributed by atoms with Crippen LogP contribution >= 0.6 is 11.6 Å². The average molecular weight is 454 g/mol. The Morgan fingerprint density at radius 2 is 1.82 bits per heavy atom. The Kier molecular flexibility index (Phi) is 6.02. The van der Waals surface area contributed by atoms with Crippen molar-refractivity contribution < 1.29 is 26.0 Å². The van der Waals surface area contributed by atoms with Crippen LogP contribution < -0.4 is 10.0 Å². The second-order valence-electron chi connectivity index (χ2n) is 7.11. The van der Waals surface area contributed by atoms with Crippen LogP contribution in [-0.2, 0) is 24.8 Å². The molecule has 2 heterocycles. The van der Waals surface area contributed by atoms with Crippen molar-refractivity contribution in [3.05, 3.63) is 29.0 Å². The molecule has 0 saturated carbocycles. The van der Waals surface area contributed by atoms with Gasteiger partial charge in [0.2, 0.25) is 26.0 Å². The number of piperidine rings is 1. The van der Waals surface area contributed by atoms with Gasteiger partial charge in [0.15, 0.2) is 0 Å². The van der Waals surface area contributed by atoms with Crippen LogP contribution in [0.1, 0.15) is 25.7 Å². The van der Waals surface area contributed by atoms with Gasteiger partial charge in [0.05, 0.1) is 22.7 Å². The van der Waals surface area contributed by atoms with E-state index >= 15 is 0 Å². The number of hydrogen-bond donors (Lipinski definition) is 2. The highest BCUT2D eigenvalue weighted by molar-refractivity contribution is 7.89. The highest BCUT2D eigenvalue weighted by Crippen LogP contribution is 2.37. The first-order valence-electron chi connectivity index (χ1n) is 8.70. The Hall–Kier alpha value is -1.27. The first kappa shape index (κ1) is 21.4. The molecule has 3 rings (SSSR count). The van der Waals surface area contributed by atoms with Gasteiger partial charge >= 0.3 is 0 Å². The topological polar surface area (TPSA) is 113 Å². The second-order valence-corrected chi connectivity index (χ2v) is 11.2. The zero-order valence-corrected chi connectivity index (χ0v) is 17.4. The first-order valence-corrected chi connectivity index (χ1v) is 12.4. The van der Waals surface area contributed by atoms with Gasteiger partial charge in [-0.2, -0.15) is 4.31 Å². The predicted octanol–water partition coefficient (Wildman–Crippen LogP) is 0.829. The molecule has 1 aromatic rings. The maximum Gasteiger partial charge on any atom is 0.241 e. The average Bonchev–Trinajstić information content (AvgIpc) is 2.88. The van der Waals surface area contributed by atoms with Crippen molar-refractivity contribution in [1.29, 1.82) is 0 Å². The molecule has 0 spiro atoms. The molecule has 1 aromatic carbocycles. The number of carbonyl (C=O) groups is 1. The molecule has 0 aromatic heterocycles. The zero-order valence-electron chi connectivity index (χ0n) is 15.1. The van der Waals surface area contributed by atoms with E-state index in [1.807, 2.05) is 0 Å². The summed E-state index contributed by atoms with van der Waals surface area (Å²) in [4.78, 5) is 11.9. The van der Waals surface area contributed by atoms with E-state index in [4.69, 9.17) is 11.6 Å². The molecule has 2 saturated heterocycles. The number of benzene rings is 1. The smallest absolute Gasteiger partial charge is 0.241 e. The van der Waals surface area contributed by atoms with Gasteiger partial charge in [0.1, 0.15) is 5.82 Å². The molecular weight excluding hydrogens is 433 g/mol. The Balaban J connectivity index is 1.56. The maximum absolute atomic E-state index is 13.2. The predicted molar refractivity (Wildman–Crippen MR) is 101 cm³/mol. The van der Waals surface area contributed by atoms with E-state index in [0.717, 1.165) is 31.0 Å². The monoisotopic (exact) mass is 453 g/mol. The zero-order chi connectivity index (χ0) is 20.7. The van der Waals surface area contributed by atoms with Gasteiger partial charge in [-0.15, -0.1) is 0 Å². The molecular formula is C16H21ClFN3O5S2. The molecule has 2 N–H and O–H groups in total. The number of rotatable bonds is 6. The first-order chi connectivity index (χ1) is 13.0. The molecule has 2 aliphatic rings. The van der Waals surface area contributed by atoms with Gasteiger partial charge in [-0.05, 0) is 43.9 Å². The number of sulfonamides is 2. The summed E-state index contributed by atoms with van der Waals surface area (Å²) in [7, 11) is -7.31. The number of fused-ring (bicyclic) bond motifs is 2. The maximum atomic E-state index is 13.2. The third-order valence-corrected chi connectivity index (χ3v) is 8.09. The molecule has 28 heavy (non-hydrogen) atoms. The number of halogens is 2. The van der Waals surface area contributed by atoms with Gasteiger partial charge in [-0.1, -0.05) is 11.6 Å². The number of carbonyl (C=O) groups excluding carboxylic acids is 1. The van der Waals surface area contributed by atoms with Crippen molar-refractivity contribution in [3.8, 4) is 0 Å². The fourth-order valence-corrected chi connectivity index (χ4v) is 6.68. The van der Waals surface area contributed by atoms with Crippen molar-refractivity contribution in [2.45, 2.75) is 48.7 Å². The van der Waals surface area contributed by atoms with Gasteiger partial charge < -0.3 is 5.32 Å². The summed E-state index contributed by atoms with van der Waals surface area (Å²) in [6, 6.07) is 2.46. The Morgan fingerprint density at radius 1 is 1.21 bits per heavy atom. The lowest BCUT2D eigenvalue weighted by molar-refractivity contribution is -0.121. The SMILES string of the molecule is CS(=O)(=O)N1C2CCC1CC(NC(=O)CNS(=O)(=O)c1ccc(F)c(Cl)c1)C2. The summed E-state index contributed by atoms with van der Waals surface area (Å²) in [6.07, 6.45) is 3.68. The van der Waals surface area contributed by atoms with Crippen LogP contribution in [0.2, 0.25) is 5.02 Å². The number of hydrogen-bond acceptors (Lipinski definition) is 5. The summed E-state index contributed by atoms with van der Waals surface area (Å²) >= 11 is 5.60. The van der Waals surface area contributed by atoms with Crippen LogP contribution in [0, 0.1) is 5.82 Å². The number of nitrogens with one attached hydrogen (secondary N) is 2. The molecule has 0 aliphatic carbocycles. The highest BCUT2D eigenvalue weighted by Gasteiger charge is 2.45. The normalized spacial score (nSPS) is 25.6. The number of nitrogens with zero attached hydrogens (tertiary/aromatic N) is 1. The van der Waals surface area contributed by atoms with Gasteiger partial charge in [0.25, 0.3) is 0 Å². The molecule has 8 nitrogen and oxygen atoms in total. The van der Waals surface area contributed by atoms with Crippen LogP contribution in [0.3, 0.4) is 0 Å². The highest BCUT2D eigenvalue weighted by atomic mass is 35.5. The summed E-state index contributed by atoms with van der Waals surface area (Å²) in [5, 5.41) is 2.43. The van der Waals surface area contributed by atoms with Crippen LogP contribution in [0.5, 0.6) is 0 Å². The van der Waals surface area contributed by atoms with Crippen LogP contribution in [0.25, 0.3) is 0 Å². The molecule has 2 atom stereocenters. The molecule has 2 fully saturated rings. The standard InChI is InChI=1S/C16H21ClFN3O5S2/c1-27(23,24)21-11-2-3-12(21)7-10(6-11)20-16(22)9-19-28(25,26)13-4-5-15(18)14(17)8-13/h4-5,8,10-12,19H,2-3,6-7,9H2,1H3,(H,20,22). The van der Waals surface area contributed by atoms with Crippen molar-refractivity contribution in [1.82, 2.24) is 14.3 Å². The summed E-state index contributed by atoms with van der Waals surface area (Å²) in [5.41, 5.74) is 0. The molecule has 0 radical (unpaired) electrons. The summed E-state index contributed by atoms with van der Waals surface area (Å²) in [5.74, 6) is -1.26. The van der Waals surface area contributed by atoms with Gasteiger partial charge in [-0.25, -0.2) is 25.9 Å². The van der Waals surface area contributed by atoms with E-state index in [2.05, 4.69) is 10.0 Å². The van der Waals surface area contributed by atoms with Crippen molar-refractivity contribution >= 4 is 37.6 Å². The lowest BCUT2D eigenvalue weighted by Gasteiger charge is -2.37. The van der Waals surface area contributed by atoms with E-state index < -0.39 is 38.3 Å². The van der Waals surface area contributed by atoms with Gasteiger partial charge in [0, 0.05) is 18.1 Å². The largest absolute Gasteiger partial charge is 0.352 e. The molecule has 1 amide bonds. The minimum atomic E-state index is -4.02. The lowest BCUT2D eigenvalue weighted by atomic mass is 10.00. The van der Waals surface area contributed by atoms with Crippen molar-refractivity contribution in [2.24, 2.45) is 0 Å². The Morgan fingerprint density at radius 3 is 2.36 bits per heavy atom. The molecule has 156 valence electrons.